The van der Waals surface area contributed by atoms with Crippen LogP contribution >= 0.6 is 0 Å². The standard InChI is InChI=1S/C12H12FN3O/c1-2-16-6-9(5-15-16)12-8(7-17)3-10(14)4-11(12)13/h3-7H,2,14H2,1H3. The molecule has 0 aliphatic heterocycles. The van der Waals surface area contributed by atoms with Crippen molar-refractivity contribution in [2.45, 2.75) is 13.5 Å². The Bertz CT molecular complexity index is 563. The van der Waals surface area contributed by atoms with E-state index in [0.29, 0.717) is 18.4 Å². The summed E-state index contributed by atoms with van der Waals surface area (Å²) in [6, 6.07) is 2.65. The molecular formula is C12H12FN3O. The molecule has 88 valence electrons. The number of halogens is 1. The summed E-state index contributed by atoms with van der Waals surface area (Å²) >= 11 is 0. The molecule has 0 aliphatic rings. The number of aryl methyl sites for hydroxylation is 1. The van der Waals surface area contributed by atoms with Crippen LogP contribution in [0.25, 0.3) is 11.1 Å². The Hall–Kier alpha value is -2.17. The molecule has 0 fully saturated rings. The van der Waals surface area contributed by atoms with Gasteiger partial charge in [0.25, 0.3) is 0 Å². The van der Waals surface area contributed by atoms with Crippen LogP contribution in [0.15, 0.2) is 24.5 Å². The van der Waals surface area contributed by atoms with Gasteiger partial charge in [-0.2, -0.15) is 5.10 Å². The van der Waals surface area contributed by atoms with Gasteiger partial charge < -0.3 is 5.73 Å². The van der Waals surface area contributed by atoms with Crippen molar-refractivity contribution in [1.29, 1.82) is 0 Å². The van der Waals surface area contributed by atoms with Crippen molar-refractivity contribution in [3.63, 3.8) is 0 Å². The molecule has 0 spiro atoms. The maximum atomic E-state index is 13.8. The first kappa shape index (κ1) is 11.3. The largest absolute Gasteiger partial charge is 0.399 e. The van der Waals surface area contributed by atoms with Crippen molar-refractivity contribution in [3.8, 4) is 11.1 Å². The van der Waals surface area contributed by atoms with Gasteiger partial charge >= 0.3 is 0 Å². The predicted octanol–water partition coefficient (Wildman–Crippen LogP) is 2.10. The van der Waals surface area contributed by atoms with Crippen LogP contribution in [0.3, 0.4) is 0 Å². The number of carbonyl (C=O) groups is 1. The van der Waals surface area contributed by atoms with Crippen LogP contribution < -0.4 is 5.73 Å². The van der Waals surface area contributed by atoms with Crippen molar-refractivity contribution < 1.29 is 9.18 Å². The molecule has 2 N–H and O–H groups in total. The van der Waals surface area contributed by atoms with E-state index in [2.05, 4.69) is 5.10 Å². The number of nitrogens with two attached hydrogens (primary N) is 1. The van der Waals surface area contributed by atoms with E-state index >= 15 is 0 Å². The Kier molecular flexibility index (Phi) is 2.91. The second-order valence-electron chi connectivity index (χ2n) is 3.67. The minimum Gasteiger partial charge on any atom is -0.399 e. The molecule has 5 heteroatoms. The van der Waals surface area contributed by atoms with Gasteiger partial charge in [-0.15, -0.1) is 0 Å². The summed E-state index contributed by atoms with van der Waals surface area (Å²) in [7, 11) is 0. The van der Waals surface area contributed by atoms with E-state index in [1.54, 1.807) is 10.9 Å². The van der Waals surface area contributed by atoms with Gasteiger partial charge in [-0.3, -0.25) is 9.48 Å². The van der Waals surface area contributed by atoms with E-state index in [4.69, 9.17) is 5.73 Å². The zero-order valence-electron chi connectivity index (χ0n) is 9.35. The Morgan fingerprint density at radius 2 is 2.29 bits per heavy atom. The van der Waals surface area contributed by atoms with Crippen LogP contribution in [0.4, 0.5) is 10.1 Å². The Morgan fingerprint density at radius 3 is 2.88 bits per heavy atom. The van der Waals surface area contributed by atoms with E-state index in [0.717, 1.165) is 0 Å². The van der Waals surface area contributed by atoms with Crippen LogP contribution in [0.2, 0.25) is 0 Å². The average Bonchev–Trinajstić information content (AvgIpc) is 2.76. The summed E-state index contributed by atoms with van der Waals surface area (Å²) in [5.74, 6) is -0.511. The average molecular weight is 233 g/mol. The number of anilines is 1. The van der Waals surface area contributed by atoms with Crippen LogP contribution in [0.5, 0.6) is 0 Å². The van der Waals surface area contributed by atoms with Crippen molar-refractivity contribution >= 4 is 12.0 Å². The number of hydrogen-bond donors (Lipinski definition) is 1. The zero-order chi connectivity index (χ0) is 12.4. The molecule has 0 atom stereocenters. The number of nitrogens with zero attached hydrogens (tertiary/aromatic N) is 2. The first-order valence-electron chi connectivity index (χ1n) is 5.22. The topological polar surface area (TPSA) is 60.9 Å². The molecule has 0 unspecified atom stereocenters. The summed E-state index contributed by atoms with van der Waals surface area (Å²) in [6.07, 6.45) is 3.82. The fourth-order valence-electron chi connectivity index (χ4n) is 1.71. The monoisotopic (exact) mass is 233 g/mol. The Morgan fingerprint density at radius 1 is 1.53 bits per heavy atom. The van der Waals surface area contributed by atoms with Crippen LogP contribution in [-0.4, -0.2) is 16.1 Å². The maximum Gasteiger partial charge on any atom is 0.150 e. The Labute approximate surface area is 97.9 Å². The van der Waals surface area contributed by atoms with Gasteiger partial charge in [0.1, 0.15) is 5.82 Å². The third-order valence-corrected chi connectivity index (χ3v) is 2.52. The summed E-state index contributed by atoms with van der Waals surface area (Å²) in [5, 5.41) is 4.05. The van der Waals surface area contributed by atoms with Crippen LogP contribution in [0.1, 0.15) is 17.3 Å². The molecule has 2 aromatic rings. The van der Waals surface area contributed by atoms with Gasteiger partial charge in [-0.05, 0) is 19.1 Å². The highest BCUT2D eigenvalue weighted by molar-refractivity contribution is 5.89. The minimum absolute atomic E-state index is 0.233. The normalized spacial score (nSPS) is 10.5. The minimum atomic E-state index is -0.511. The van der Waals surface area contributed by atoms with Gasteiger partial charge in [-0.1, -0.05) is 0 Å². The molecule has 1 heterocycles. The summed E-state index contributed by atoms with van der Waals surface area (Å²) in [4.78, 5) is 10.9. The van der Waals surface area contributed by atoms with Crippen molar-refractivity contribution in [2.24, 2.45) is 0 Å². The molecule has 2 rings (SSSR count). The highest BCUT2D eigenvalue weighted by Crippen LogP contribution is 2.27. The lowest BCUT2D eigenvalue weighted by Crippen LogP contribution is -1.96. The molecule has 0 saturated heterocycles. The summed E-state index contributed by atoms with van der Waals surface area (Å²) in [5.41, 5.74) is 6.78. The van der Waals surface area contributed by atoms with E-state index in [1.807, 2.05) is 6.92 Å². The lowest BCUT2D eigenvalue weighted by Gasteiger charge is -2.05. The molecule has 0 bridgehead atoms. The number of carbonyl (C=O) groups excluding carboxylic acids is 1. The number of rotatable bonds is 3. The van der Waals surface area contributed by atoms with Gasteiger partial charge in [0.15, 0.2) is 6.29 Å². The molecule has 0 aliphatic carbocycles. The zero-order valence-corrected chi connectivity index (χ0v) is 9.35. The molecule has 17 heavy (non-hydrogen) atoms. The highest BCUT2D eigenvalue weighted by Gasteiger charge is 2.13. The maximum absolute atomic E-state index is 13.8. The molecule has 0 amide bonds. The summed E-state index contributed by atoms with van der Waals surface area (Å²) < 4.78 is 15.5. The second-order valence-corrected chi connectivity index (χ2v) is 3.67. The molecule has 0 radical (unpaired) electrons. The quantitative estimate of drug-likeness (QED) is 0.652. The SMILES string of the molecule is CCn1cc(-c2c(F)cc(N)cc2C=O)cn1. The van der Waals surface area contributed by atoms with E-state index in [-0.39, 0.29) is 16.8 Å². The van der Waals surface area contributed by atoms with Gasteiger partial charge in [0.05, 0.1) is 6.20 Å². The van der Waals surface area contributed by atoms with E-state index in [9.17, 15) is 9.18 Å². The van der Waals surface area contributed by atoms with Crippen molar-refractivity contribution in [2.75, 3.05) is 5.73 Å². The summed E-state index contributed by atoms with van der Waals surface area (Å²) in [6.45, 7) is 2.61. The first-order valence-corrected chi connectivity index (χ1v) is 5.22. The lowest BCUT2D eigenvalue weighted by molar-refractivity contribution is 0.112. The first-order chi connectivity index (χ1) is 8.15. The highest BCUT2D eigenvalue weighted by atomic mass is 19.1. The Balaban J connectivity index is 2.61. The lowest BCUT2D eigenvalue weighted by atomic mass is 10.0. The van der Waals surface area contributed by atoms with Gasteiger partial charge in [0.2, 0.25) is 0 Å². The molecule has 4 nitrogen and oxygen atoms in total. The molecule has 1 aromatic heterocycles. The van der Waals surface area contributed by atoms with Crippen molar-refractivity contribution in [1.82, 2.24) is 9.78 Å². The van der Waals surface area contributed by atoms with Gasteiger partial charge in [0, 0.05) is 35.1 Å². The third kappa shape index (κ3) is 2.04. The number of nitrogen functional groups attached to an aromatic ring is 1. The predicted molar refractivity (Wildman–Crippen MR) is 63.1 cm³/mol. The molecular weight excluding hydrogens is 221 g/mol. The fraction of sp³-hybridized carbons (Fsp3) is 0.167. The number of benzene rings is 1. The number of hydrogen-bond acceptors (Lipinski definition) is 3. The van der Waals surface area contributed by atoms with E-state index < -0.39 is 5.82 Å². The molecule has 0 saturated carbocycles. The van der Waals surface area contributed by atoms with Crippen LogP contribution in [0, 0.1) is 5.82 Å². The molecule has 1 aromatic carbocycles. The number of aldehydes is 1. The fourth-order valence-corrected chi connectivity index (χ4v) is 1.71. The number of aromatic nitrogens is 2. The third-order valence-electron chi connectivity index (χ3n) is 2.52. The van der Waals surface area contributed by atoms with Crippen LogP contribution in [-0.2, 0) is 6.54 Å². The van der Waals surface area contributed by atoms with E-state index in [1.165, 1.54) is 18.3 Å². The van der Waals surface area contributed by atoms with Crippen molar-refractivity contribution in [3.05, 3.63) is 35.9 Å². The smallest absolute Gasteiger partial charge is 0.150 e. The van der Waals surface area contributed by atoms with Gasteiger partial charge in [-0.25, -0.2) is 4.39 Å². The second kappa shape index (κ2) is 4.37.